The SMILES string of the molecule is CCOc1cccc2cc(C(C)NC(=O)c3c(C)coc3CC(=O)O)oc12. The molecule has 0 saturated carbocycles. The molecule has 0 aliphatic rings. The Morgan fingerprint density at radius 2 is 2.11 bits per heavy atom. The molecule has 0 saturated heterocycles. The fourth-order valence-corrected chi connectivity index (χ4v) is 2.95. The predicted molar refractivity (Wildman–Crippen MR) is 98.0 cm³/mol. The Hall–Kier alpha value is -3.22. The van der Waals surface area contributed by atoms with E-state index in [4.69, 9.17) is 18.7 Å². The minimum absolute atomic E-state index is 0.132. The second-order valence-corrected chi connectivity index (χ2v) is 6.24. The summed E-state index contributed by atoms with van der Waals surface area (Å²) in [4.78, 5) is 23.6. The van der Waals surface area contributed by atoms with E-state index in [2.05, 4.69) is 5.32 Å². The van der Waals surface area contributed by atoms with E-state index in [-0.39, 0.29) is 17.7 Å². The largest absolute Gasteiger partial charge is 0.490 e. The first kappa shape index (κ1) is 18.6. The van der Waals surface area contributed by atoms with Crippen molar-refractivity contribution in [1.82, 2.24) is 5.32 Å². The normalized spacial score (nSPS) is 12.1. The van der Waals surface area contributed by atoms with Gasteiger partial charge in [-0.25, -0.2) is 0 Å². The van der Waals surface area contributed by atoms with Crippen LogP contribution in [0, 0.1) is 6.92 Å². The fraction of sp³-hybridized carbons (Fsp3) is 0.300. The van der Waals surface area contributed by atoms with Crippen molar-refractivity contribution in [2.75, 3.05) is 6.61 Å². The first-order valence-corrected chi connectivity index (χ1v) is 8.65. The lowest BCUT2D eigenvalue weighted by Gasteiger charge is -2.12. The highest BCUT2D eigenvalue weighted by Crippen LogP contribution is 2.31. The molecular formula is C20H21NO6. The van der Waals surface area contributed by atoms with Crippen LogP contribution in [0.2, 0.25) is 0 Å². The molecule has 3 rings (SSSR count). The number of para-hydroxylation sites is 1. The topological polar surface area (TPSA) is 102 Å². The molecule has 0 bridgehead atoms. The number of hydrogen-bond acceptors (Lipinski definition) is 5. The number of amides is 1. The molecule has 0 radical (unpaired) electrons. The molecule has 1 aromatic carbocycles. The monoisotopic (exact) mass is 371 g/mol. The summed E-state index contributed by atoms with van der Waals surface area (Å²) in [5, 5.41) is 12.7. The molecule has 2 heterocycles. The minimum atomic E-state index is -1.06. The van der Waals surface area contributed by atoms with Crippen LogP contribution in [-0.2, 0) is 11.2 Å². The number of benzene rings is 1. The lowest BCUT2D eigenvalue weighted by molar-refractivity contribution is -0.136. The quantitative estimate of drug-likeness (QED) is 0.654. The van der Waals surface area contributed by atoms with Crippen LogP contribution >= 0.6 is 0 Å². The standard InChI is InChI=1S/C20H21NO6/c1-4-25-14-7-5-6-13-8-15(27-19(13)14)12(3)21-20(24)18-11(2)10-26-16(18)9-17(22)23/h5-8,10,12H,4,9H2,1-3H3,(H,21,24)(H,22,23). The number of aryl methyl sites for hydroxylation is 1. The molecule has 1 amide bonds. The Kier molecular flexibility index (Phi) is 5.21. The molecule has 0 fully saturated rings. The minimum Gasteiger partial charge on any atom is -0.490 e. The van der Waals surface area contributed by atoms with Crippen LogP contribution in [0.1, 0.15) is 47.3 Å². The van der Waals surface area contributed by atoms with Crippen molar-refractivity contribution in [3.05, 3.63) is 53.2 Å². The molecule has 1 atom stereocenters. The van der Waals surface area contributed by atoms with Crippen LogP contribution in [0.3, 0.4) is 0 Å². The highest BCUT2D eigenvalue weighted by Gasteiger charge is 2.23. The highest BCUT2D eigenvalue weighted by molar-refractivity contribution is 5.97. The summed E-state index contributed by atoms with van der Waals surface area (Å²) in [6.45, 7) is 5.91. The average molecular weight is 371 g/mol. The number of aliphatic carboxylic acids is 1. The number of carbonyl (C=O) groups excluding carboxylic acids is 1. The van der Waals surface area contributed by atoms with E-state index in [0.717, 1.165) is 5.39 Å². The number of rotatable bonds is 7. The van der Waals surface area contributed by atoms with Gasteiger partial charge in [-0.3, -0.25) is 9.59 Å². The lowest BCUT2D eigenvalue weighted by Crippen LogP contribution is -2.27. The van der Waals surface area contributed by atoms with Crippen molar-refractivity contribution in [1.29, 1.82) is 0 Å². The number of carbonyl (C=O) groups is 2. The zero-order chi connectivity index (χ0) is 19.6. The molecule has 7 heteroatoms. The molecule has 1 unspecified atom stereocenters. The highest BCUT2D eigenvalue weighted by atomic mass is 16.5. The van der Waals surface area contributed by atoms with E-state index in [9.17, 15) is 9.59 Å². The van der Waals surface area contributed by atoms with E-state index in [1.807, 2.05) is 31.2 Å². The third kappa shape index (κ3) is 3.81. The van der Waals surface area contributed by atoms with Crippen molar-refractivity contribution in [2.45, 2.75) is 33.2 Å². The molecule has 2 N–H and O–H groups in total. The Morgan fingerprint density at radius 1 is 1.33 bits per heavy atom. The maximum absolute atomic E-state index is 12.7. The first-order chi connectivity index (χ1) is 12.9. The van der Waals surface area contributed by atoms with Crippen molar-refractivity contribution < 1.29 is 28.3 Å². The lowest BCUT2D eigenvalue weighted by atomic mass is 10.1. The van der Waals surface area contributed by atoms with Gasteiger partial charge < -0.3 is 24.0 Å². The van der Waals surface area contributed by atoms with Gasteiger partial charge in [-0.1, -0.05) is 12.1 Å². The zero-order valence-electron chi connectivity index (χ0n) is 15.4. The fourth-order valence-electron chi connectivity index (χ4n) is 2.95. The van der Waals surface area contributed by atoms with Gasteiger partial charge in [0.15, 0.2) is 11.3 Å². The molecule has 2 aromatic heterocycles. The molecule has 27 heavy (non-hydrogen) atoms. The van der Waals surface area contributed by atoms with E-state index >= 15 is 0 Å². The molecule has 7 nitrogen and oxygen atoms in total. The molecule has 142 valence electrons. The van der Waals surface area contributed by atoms with Crippen LogP contribution < -0.4 is 10.1 Å². The van der Waals surface area contributed by atoms with Gasteiger partial charge in [0, 0.05) is 10.9 Å². The average Bonchev–Trinajstić information content (AvgIpc) is 3.19. The van der Waals surface area contributed by atoms with Crippen LogP contribution in [-0.4, -0.2) is 23.6 Å². The summed E-state index contributed by atoms with van der Waals surface area (Å²) in [6, 6.07) is 7.04. The van der Waals surface area contributed by atoms with E-state index in [0.29, 0.717) is 29.3 Å². The third-order valence-corrected chi connectivity index (χ3v) is 4.19. The molecule has 0 aliphatic carbocycles. The number of furan rings is 2. The maximum atomic E-state index is 12.7. The van der Waals surface area contributed by atoms with Gasteiger partial charge in [-0.05, 0) is 32.9 Å². The second kappa shape index (κ2) is 7.57. The number of carboxylic acid groups (broad SMARTS) is 1. The van der Waals surface area contributed by atoms with E-state index in [1.165, 1.54) is 6.26 Å². The van der Waals surface area contributed by atoms with E-state index < -0.39 is 17.9 Å². The molecule has 3 aromatic rings. The Labute approximate surface area is 155 Å². The number of carboxylic acids is 1. The van der Waals surface area contributed by atoms with Gasteiger partial charge in [-0.15, -0.1) is 0 Å². The van der Waals surface area contributed by atoms with Crippen LogP contribution in [0.4, 0.5) is 0 Å². The second-order valence-electron chi connectivity index (χ2n) is 6.24. The van der Waals surface area contributed by atoms with Crippen LogP contribution in [0.25, 0.3) is 11.0 Å². The van der Waals surface area contributed by atoms with E-state index in [1.54, 1.807) is 13.8 Å². The summed E-state index contributed by atoms with van der Waals surface area (Å²) < 4.78 is 16.7. The van der Waals surface area contributed by atoms with Crippen molar-refractivity contribution >= 4 is 22.8 Å². The number of hydrogen-bond donors (Lipinski definition) is 2. The van der Waals surface area contributed by atoms with Crippen molar-refractivity contribution in [2.24, 2.45) is 0 Å². The van der Waals surface area contributed by atoms with Gasteiger partial charge >= 0.3 is 5.97 Å². The Bertz CT molecular complexity index is 984. The van der Waals surface area contributed by atoms with Gasteiger partial charge in [-0.2, -0.15) is 0 Å². The maximum Gasteiger partial charge on any atom is 0.311 e. The zero-order valence-corrected chi connectivity index (χ0v) is 15.4. The van der Waals surface area contributed by atoms with Gasteiger partial charge in [0.2, 0.25) is 0 Å². The first-order valence-electron chi connectivity index (χ1n) is 8.65. The molecule has 0 spiro atoms. The summed E-state index contributed by atoms with van der Waals surface area (Å²) >= 11 is 0. The van der Waals surface area contributed by atoms with Crippen LogP contribution in [0.5, 0.6) is 5.75 Å². The van der Waals surface area contributed by atoms with Gasteiger partial charge in [0.1, 0.15) is 17.9 Å². The number of fused-ring (bicyclic) bond motifs is 1. The van der Waals surface area contributed by atoms with Gasteiger partial charge in [0.25, 0.3) is 5.91 Å². The summed E-state index contributed by atoms with van der Waals surface area (Å²) in [5.41, 5.74) is 1.45. The summed E-state index contributed by atoms with van der Waals surface area (Å²) in [5.74, 6) is -0.115. The van der Waals surface area contributed by atoms with Crippen LogP contribution in [0.15, 0.2) is 39.4 Å². The van der Waals surface area contributed by atoms with Crippen molar-refractivity contribution in [3.63, 3.8) is 0 Å². The smallest absolute Gasteiger partial charge is 0.311 e. The third-order valence-electron chi connectivity index (χ3n) is 4.19. The van der Waals surface area contributed by atoms with Gasteiger partial charge in [0.05, 0.1) is 24.5 Å². The Morgan fingerprint density at radius 3 is 2.81 bits per heavy atom. The summed E-state index contributed by atoms with van der Waals surface area (Å²) in [7, 11) is 0. The number of nitrogens with one attached hydrogen (secondary N) is 1. The Balaban J connectivity index is 1.83. The summed E-state index contributed by atoms with van der Waals surface area (Å²) in [6.07, 6.45) is 1.03. The van der Waals surface area contributed by atoms with Crippen molar-refractivity contribution in [3.8, 4) is 5.75 Å². The molecule has 0 aliphatic heterocycles. The predicted octanol–water partition coefficient (Wildman–Crippen LogP) is 3.85. The molecular weight excluding hydrogens is 350 g/mol. The number of ether oxygens (including phenoxy) is 1.